The van der Waals surface area contributed by atoms with Crippen molar-refractivity contribution in [3.8, 4) is 0 Å². The lowest BCUT2D eigenvalue weighted by atomic mass is 9.93. The molecule has 4 nitrogen and oxygen atoms in total. The van der Waals surface area contributed by atoms with E-state index in [-0.39, 0.29) is 18.4 Å². The van der Waals surface area contributed by atoms with Crippen molar-refractivity contribution >= 4 is 38.4 Å². The van der Waals surface area contributed by atoms with Crippen molar-refractivity contribution in [2.75, 3.05) is 13.1 Å². The molecule has 120 valence electrons. The van der Waals surface area contributed by atoms with Gasteiger partial charge in [-0.15, -0.1) is 12.4 Å². The smallest absolute Gasteiger partial charge is 0.243 e. The molecule has 0 amide bonds. The molecular formula is C14H22BrClN2O2S. The highest BCUT2D eigenvalue weighted by atomic mass is 79.9. The molecule has 0 aromatic heterocycles. The van der Waals surface area contributed by atoms with Gasteiger partial charge in [-0.05, 0) is 43.4 Å². The van der Waals surface area contributed by atoms with Crippen LogP contribution in [-0.2, 0) is 10.0 Å². The quantitative estimate of drug-likeness (QED) is 0.853. The lowest BCUT2D eigenvalue weighted by Crippen LogP contribution is -2.51. The van der Waals surface area contributed by atoms with Crippen molar-refractivity contribution in [2.24, 2.45) is 11.7 Å². The summed E-state index contributed by atoms with van der Waals surface area (Å²) in [4.78, 5) is 0.374. The minimum atomic E-state index is -3.49. The molecule has 1 fully saturated rings. The number of nitrogens with zero attached hydrogens (tertiary/aromatic N) is 1. The lowest BCUT2D eigenvalue weighted by molar-refractivity contribution is 0.192. The lowest BCUT2D eigenvalue weighted by Gasteiger charge is -2.38. The highest BCUT2D eigenvalue weighted by Gasteiger charge is 2.37. The fraction of sp³-hybridized carbons (Fsp3) is 0.571. The first-order valence-corrected chi connectivity index (χ1v) is 9.09. The van der Waals surface area contributed by atoms with Gasteiger partial charge in [0.05, 0.1) is 4.90 Å². The fourth-order valence-electron chi connectivity index (χ4n) is 2.84. The second kappa shape index (κ2) is 7.42. The van der Waals surface area contributed by atoms with Crippen molar-refractivity contribution in [1.82, 2.24) is 4.31 Å². The number of rotatable bonds is 3. The molecule has 0 aliphatic carbocycles. The molecule has 2 atom stereocenters. The molecule has 1 heterocycles. The van der Waals surface area contributed by atoms with Gasteiger partial charge in [-0.25, -0.2) is 8.42 Å². The van der Waals surface area contributed by atoms with Crippen LogP contribution < -0.4 is 5.73 Å². The largest absolute Gasteiger partial charge is 0.329 e. The van der Waals surface area contributed by atoms with Crippen molar-refractivity contribution in [2.45, 2.75) is 37.6 Å². The van der Waals surface area contributed by atoms with Crippen LogP contribution in [0.2, 0.25) is 0 Å². The second-order valence-electron chi connectivity index (χ2n) is 5.45. The number of hydrogen-bond donors (Lipinski definition) is 1. The summed E-state index contributed by atoms with van der Waals surface area (Å²) in [6.07, 6.45) is 1.93. The highest BCUT2D eigenvalue weighted by Crippen LogP contribution is 2.31. The van der Waals surface area contributed by atoms with E-state index in [0.717, 1.165) is 22.9 Å². The molecule has 21 heavy (non-hydrogen) atoms. The predicted octanol–water partition coefficient (Wildman–Crippen LogP) is 2.93. The van der Waals surface area contributed by atoms with Crippen molar-refractivity contribution < 1.29 is 8.42 Å². The summed E-state index contributed by atoms with van der Waals surface area (Å²) < 4.78 is 28.2. The number of piperidine rings is 1. The van der Waals surface area contributed by atoms with Crippen LogP contribution in [0.15, 0.2) is 27.6 Å². The third kappa shape index (κ3) is 3.79. The number of hydrogen-bond acceptors (Lipinski definition) is 3. The molecule has 2 rings (SSSR count). The zero-order valence-corrected chi connectivity index (χ0v) is 15.5. The summed E-state index contributed by atoms with van der Waals surface area (Å²) in [7, 11) is -3.49. The Morgan fingerprint density at radius 2 is 2.10 bits per heavy atom. The van der Waals surface area contributed by atoms with Gasteiger partial charge in [0.2, 0.25) is 10.0 Å². The second-order valence-corrected chi connectivity index (χ2v) is 8.22. The molecule has 0 spiro atoms. The van der Waals surface area contributed by atoms with Gasteiger partial charge in [0.15, 0.2) is 0 Å². The molecule has 1 saturated heterocycles. The van der Waals surface area contributed by atoms with Crippen molar-refractivity contribution in [3.05, 3.63) is 28.2 Å². The summed E-state index contributed by atoms with van der Waals surface area (Å²) in [6, 6.07) is 5.25. The van der Waals surface area contributed by atoms with E-state index >= 15 is 0 Å². The monoisotopic (exact) mass is 396 g/mol. The number of benzene rings is 1. The Bertz CT molecular complexity index is 595. The van der Waals surface area contributed by atoms with E-state index in [2.05, 4.69) is 22.9 Å². The van der Waals surface area contributed by atoms with Crippen molar-refractivity contribution in [1.29, 1.82) is 0 Å². The normalized spacial score (nSPS) is 23.6. The Balaban J connectivity index is 0.00000220. The van der Waals surface area contributed by atoms with Crippen LogP contribution in [0.1, 0.15) is 25.3 Å². The summed E-state index contributed by atoms with van der Waals surface area (Å²) in [5.41, 5.74) is 6.58. The van der Waals surface area contributed by atoms with Crippen LogP contribution in [0.4, 0.5) is 0 Å². The van der Waals surface area contributed by atoms with Gasteiger partial charge in [0, 0.05) is 23.6 Å². The maximum Gasteiger partial charge on any atom is 0.243 e. The third-order valence-corrected chi connectivity index (χ3v) is 6.60. The van der Waals surface area contributed by atoms with Crippen LogP contribution in [0.3, 0.4) is 0 Å². The molecule has 0 radical (unpaired) electrons. The van der Waals surface area contributed by atoms with Gasteiger partial charge < -0.3 is 5.73 Å². The van der Waals surface area contributed by atoms with Crippen LogP contribution in [-0.4, -0.2) is 31.9 Å². The summed E-state index contributed by atoms with van der Waals surface area (Å²) in [5, 5.41) is 0. The first-order valence-electron chi connectivity index (χ1n) is 6.86. The summed E-state index contributed by atoms with van der Waals surface area (Å²) in [5.74, 6) is 0.302. The van der Waals surface area contributed by atoms with Crippen LogP contribution in [0.5, 0.6) is 0 Å². The zero-order valence-electron chi connectivity index (χ0n) is 12.3. The fourth-order valence-corrected chi connectivity index (χ4v) is 5.37. The van der Waals surface area contributed by atoms with Gasteiger partial charge in [-0.2, -0.15) is 4.31 Å². The van der Waals surface area contributed by atoms with Gasteiger partial charge in [-0.3, -0.25) is 0 Å². The Hall–Kier alpha value is -0.140. The molecule has 1 aliphatic rings. The number of halogens is 2. The minimum Gasteiger partial charge on any atom is -0.329 e. The topological polar surface area (TPSA) is 63.4 Å². The van der Waals surface area contributed by atoms with E-state index in [1.54, 1.807) is 10.4 Å². The number of nitrogens with two attached hydrogens (primary N) is 1. The molecule has 1 aliphatic heterocycles. The molecular weight excluding hydrogens is 376 g/mol. The predicted molar refractivity (Wildman–Crippen MR) is 91.3 cm³/mol. The van der Waals surface area contributed by atoms with Crippen LogP contribution in [0.25, 0.3) is 0 Å². The van der Waals surface area contributed by atoms with E-state index in [4.69, 9.17) is 5.73 Å². The molecule has 1 aromatic carbocycles. The third-order valence-electron chi connectivity index (χ3n) is 4.04. The van der Waals surface area contributed by atoms with Gasteiger partial charge in [0.25, 0.3) is 0 Å². The standard InChI is InChI=1S/C14H21BrN2O2S.ClH/c1-10-4-3-7-17(13(10)9-16)20(18,19)14-8-12(15)6-5-11(14)2;/h5-6,8,10,13H,3-4,7,9,16H2,1-2H3;1H. The Kier molecular flexibility index (Phi) is 6.68. The molecule has 0 bridgehead atoms. The van der Waals surface area contributed by atoms with E-state index in [9.17, 15) is 8.42 Å². The van der Waals surface area contributed by atoms with Gasteiger partial charge >= 0.3 is 0 Å². The maximum atomic E-state index is 12.9. The Morgan fingerprint density at radius 3 is 2.71 bits per heavy atom. The van der Waals surface area contributed by atoms with Crippen LogP contribution in [0, 0.1) is 12.8 Å². The minimum absolute atomic E-state index is 0. The first-order chi connectivity index (χ1) is 9.37. The summed E-state index contributed by atoms with van der Waals surface area (Å²) in [6.45, 7) is 4.82. The SMILES string of the molecule is Cc1ccc(Br)cc1S(=O)(=O)N1CCCC(C)C1CN.Cl. The average Bonchev–Trinajstić information content (AvgIpc) is 2.41. The number of aryl methyl sites for hydroxylation is 1. The van der Waals surface area contributed by atoms with Crippen LogP contribution >= 0.6 is 28.3 Å². The first kappa shape index (κ1) is 18.9. The molecule has 1 aromatic rings. The van der Waals surface area contributed by atoms with Crippen molar-refractivity contribution in [3.63, 3.8) is 0 Å². The average molecular weight is 398 g/mol. The van der Waals surface area contributed by atoms with E-state index in [1.165, 1.54) is 0 Å². The maximum absolute atomic E-state index is 12.9. The molecule has 7 heteroatoms. The van der Waals surface area contributed by atoms with E-state index < -0.39 is 10.0 Å². The zero-order chi connectivity index (χ0) is 14.9. The molecule has 0 saturated carbocycles. The van der Waals surface area contributed by atoms with E-state index in [0.29, 0.717) is 23.9 Å². The molecule has 2 N–H and O–H groups in total. The highest BCUT2D eigenvalue weighted by molar-refractivity contribution is 9.10. The molecule has 2 unspecified atom stereocenters. The van der Waals surface area contributed by atoms with Gasteiger partial charge in [-0.1, -0.05) is 28.9 Å². The van der Waals surface area contributed by atoms with E-state index in [1.807, 2.05) is 19.1 Å². The summed E-state index contributed by atoms with van der Waals surface area (Å²) >= 11 is 3.35. The Labute approximate surface area is 141 Å². The number of sulfonamides is 1. The Morgan fingerprint density at radius 1 is 1.43 bits per heavy atom. The van der Waals surface area contributed by atoms with Gasteiger partial charge in [0.1, 0.15) is 0 Å².